The molecule has 1 aromatic carbocycles. The van der Waals surface area contributed by atoms with Crippen molar-refractivity contribution in [3.63, 3.8) is 0 Å². The van der Waals surface area contributed by atoms with Crippen LogP contribution in [0.1, 0.15) is 29.7 Å². The van der Waals surface area contributed by atoms with E-state index < -0.39 is 21.1 Å². The Morgan fingerprint density at radius 3 is 2.58 bits per heavy atom. The van der Waals surface area contributed by atoms with Gasteiger partial charge in [-0.1, -0.05) is 31.2 Å². The zero-order valence-electron chi connectivity index (χ0n) is 11.0. The van der Waals surface area contributed by atoms with Gasteiger partial charge in [-0.05, 0) is 29.4 Å². The maximum Gasteiger partial charge on any atom is 0.303 e. The lowest BCUT2D eigenvalue weighted by Crippen LogP contribution is -2.33. The van der Waals surface area contributed by atoms with E-state index in [9.17, 15) is 13.2 Å². The third kappa shape index (κ3) is 2.81. The van der Waals surface area contributed by atoms with Gasteiger partial charge >= 0.3 is 5.97 Å². The van der Waals surface area contributed by atoms with Crippen LogP contribution in [-0.4, -0.2) is 25.7 Å². The topological polar surface area (TPSA) is 71.4 Å². The number of rotatable bonds is 3. The standard InChI is InChI=1S/C14H18O4S/c1-9-11(8-13(15)16)7-10-5-3-4-6-12(10)14(9)19(2,17)18/h3-6,9,11,14H,7-8H2,1-2H3,(H,15,16)/t9-,11+,14?/m1/s1. The molecule has 1 aromatic rings. The Morgan fingerprint density at radius 1 is 1.37 bits per heavy atom. The minimum atomic E-state index is -3.25. The van der Waals surface area contributed by atoms with E-state index in [2.05, 4.69) is 0 Å². The Morgan fingerprint density at radius 2 is 2.00 bits per heavy atom. The van der Waals surface area contributed by atoms with Gasteiger partial charge in [-0.25, -0.2) is 8.42 Å². The van der Waals surface area contributed by atoms with Crippen LogP contribution in [0.2, 0.25) is 0 Å². The molecule has 3 atom stereocenters. The molecule has 0 bridgehead atoms. The number of carbonyl (C=O) groups is 1. The summed E-state index contributed by atoms with van der Waals surface area (Å²) in [7, 11) is -3.25. The van der Waals surface area contributed by atoms with Crippen LogP contribution in [0.3, 0.4) is 0 Å². The van der Waals surface area contributed by atoms with Crippen LogP contribution in [0, 0.1) is 11.8 Å². The van der Waals surface area contributed by atoms with Gasteiger partial charge in [0.1, 0.15) is 0 Å². The van der Waals surface area contributed by atoms with E-state index in [4.69, 9.17) is 5.11 Å². The molecular formula is C14H18O4S. The van der Waals surface area contributed by atoms with Crippen LogP contribution < -0.4 is 0 Å². The Labute approximate surface area is 113 Å². The Bertz CT molecular complexity index is 591. The van der Waals surface area contributed by atoms with E-state index in [1.807, 2.05) is 31.2 Å². The molecule has 0 amide bonds. The van der Waals surface area contributed by atoms with Crippen LogP contribution in [-0.2, 0) is 21.1 Å². The highest BCUT2D eigenvalue weighted by atomic mass is 32.2. The summed E-state index contributed by atoms with van der Waals surface area (Å²) in [5.74, 6) is -1.18. The number of hydrogen-bond donors (Lipinski definition) is 1. The lowest BCUT2D eigenvalue weighted by atomic mass is 9.75. The van der Waals surface area contributed by atoms with Crippen molar-refractivity contribution in [1.82, 2.24) is 0 Å². The van der Waals surface area contributed by atoms with Crippen LogP contribution in [0.5, 0.6) is 0 Å². The summed E-state index contributed by atoms with van der Waals surface area (Å²) in [5.41, 5.74) is 1.79. The van der Waals surface area contributed by atoms with Gasteiger partial charge < -0.3 is 5.11 Å². The van der Waals surface area contributed by atoms with Crippen molar-refractivity contribution >= 4 is 15.8 Å². The number of hydrogen-bond acceptors (Lipinski definition) is 3. The first-order valence-electron chi connectivity index (χ1n) is 6.29. The first-order chi connectivity index (χ1) is 8.80. The average molecular weight is 282 g/mol. The van der Waals surface area contributed by atoms with E-state index in [1.54, 1.807) is 0 Å². The number of carboxylic acid groups (broad SMARTS) is 1. The largest absolute Gasteiger partial charge is 0.481 e. The maximum absolute atomic E-state index is 12.0. The van der Waals surface area contributed by atoms with E-state index in [0.717, 1.165) is 11.1 Å². The summed E-state index contributed by atoms with van der Waals surface area (Å²) in [5, 5.41) is 8.38. The molecule has 0 fully saturated rings. The lowest BCUT2D eigenvalue weighted by Gasteiger charge is -2.36. The van der Waals surface area contributed by atoms with Crippen LogP contribution in [0.15, 0.2) is 24.3 Å². The number of aliphatic carboxylic acids is 1. The molecule has 1 aliphatic rings. The summed E-state index contributed by atoms with van der Waals surface area (Å²) < 4.78 is 24.1. The fourth-order valence-corrected chi connectivity index (χ4v) is 4.79. The van der Waals surface area contributed by atoms with Gasteiger partial charge in [0.25, 0.3) is 0 Å². The highest BCUT2D eigenvalue weighted by molar-refractivity contribution is 7.90. The van der Waals surface area contributed by atoms with E-state index in [-0.39, 0.29) is 18.3 Å². The van der Waals surface area contributed by atoms with Gasteiger partial charge in [-0.3, -0.25) is 4.79 Å². The van der Waals surface area contributed by atoms with Crippen molar-refractivity contribution in [2.24, 2.45) is 11.8 Å². The van der Waals surface area contributed by atoms with Crippen LogP contribution in [0.4, 0.5) is 0 Å². The summed E-state index contributed by atoms with van der Waals surface area (Å²) in [6.45, 7) is 1.84. The second-order valence-corrected chi connectivity index (χ2v) is 7.54. The lowest BCUT2D eigenvalue weighted by molar-refractivity contribution is -0.138. The first kappa shape index (κ1) is 14.1. The average Bonchev–Trinajstić information content (AvgIpc) is 2.27. The Balaban J connectivity index is 2.49. The molecule has 5 heteroatoms. The van der Waals surface area contributed by atoms with Crippen molar-refractivity contribution in [2.45, 2.75) is 25.0 Å². The molecule has 104 valence electrons. The fraction of sp³-hybridized carbons (Fsp3) is 0.500. The molecule has 4 nitrogen and oxygen atoms in total. The van der Waals surface area contributed by atoms with Gasteiger partial charge in [-0.2, -0.15) is 0 Å². The number of benzene rings is 1. The Hall–Kier alpha value is -1.36. The summed E-state index contributed by atoms with van der Waals surface area (Å²) in [6.07, 6.45) is 1.88. The first-order valence-corrected chi connectivity index (χ1v) is 8.24. The predicted octanol–water partition coefficient (Wildman–Crippen LogP) is 2.06. The zero-order valence-corrected chi connectivity index (χ0v) is 11.9. The molecule has 0 radical (unpaired) electrons. The minimum Gasteiger partial charge on any atom is -0.481 e. The van der Waals surface area contributed by atoms with Gasteiger partial charge in [0.15, 0.2) is 9.84 Å². The number of carboxylic acids is 1. The van der Waals surface area contributed by atoms with E-state index in [1.165, 1.54) is 6.26 Å². The second-order valence-electron chi connectivity index (χ2n) is 5.37. The molecular weight excluding hydrogens is 264 g/mol. The molecule has 0 heterocycles. The third-order valence-electron chi connectivity index (χ3n) is 3.96. The van der Waals surface area contributed by atoms with Crippen molar-refractivity contribution in [3.8, 4) is 0 Å². The molecule has 0 aliphatic heterocycles. The molecule has 1 unspecified atom stereocenters. The molecule has 0 spiro atoms. The van der Waals surface area contributed by atoms with Crippen molar-refractivity contribution in [1.29, 1.82) is 0 Å². The van der Waals surface area contributed by atoms with Gasteiger partial charge in [0.05, 0.1) is 5.25 Å². The van der Waals surface area contributed by atoms with Crippen molar-refractivity contribution in [2.75, 3.05) is 6.26 Å². The predicted molar refractivity (Wildman–Crippen MR) is 72.6 cm³/mol. The highest BCUT2D eigenvalue weighted by Gasteiger charge is 2.39. The molecule has 2 rings (SSSR count). The van der Waals surface area contributed by atoms with Gasteiger partial charge in [-0.15, -0.1) is 0 Å². The summed E-state index contributed by atoms with van der Waals surface area (Å²) >= 11 is 0. The quantitative estimate of drug-likeness (QED) is 0.921. The normalized spacial score (nSPS) is 26.7. The smallest absolute Gasteiger partial charge is 0.303 e. The Kier molecular flexibility index (Phi) is 3.67. The minimum absolute atomic E-state index is 0.0154. The molecule has 1 aliphatic carbocycles. The number of sulfone groups is 1. The van der Waals surface area contributed by atoms with Crippen LogP contribution >= 0.6 is 0 Å². The zero-order chi connectivity index (χ0) is 14.2. The monoisotopic (exact) mass is 282 g/mol. The fourth-order valence-electron chi connectivity index (χ4n) is 3.10. The maximum atomic E-state index is 12.0. The van der Waals surface area contributed by atoms with Crippen molar-refractivity contribution < 1.29 is 18.3 Å². The third-order valence-corrected chi connectivity index (χ3v) is 5.57. The molecule has 0 saturated carbocycles. The van der Waals surface area contributed by atoms with E-state index in [0.29, 0.717) is 6.42 Å². The number of fused-ring (bicyclic) bond motifs is 1. The van der Waals surface area contributed by atoms with Crippen molar-refractivity contribution in [3.05, 3.63) is 35.4 Å². The van der Waals surface area contributed by atoms with Crippen LogP contribution in [0.25, 0.3) is 0 Å². The SMILES string of the molecule is C[C@H]1C(S(C)(=O)=O)c2ccccc2C[C@H]1CC(=O)O. The summed E-state index contributed by atoms with van der Waals surface area (Å²) in [6, 6.07) is 7.44. The molecule has 19 heavy (non-hydrogen) atoms. The van der Waals surface area contributed by atoms with E-state index >= 15 is 0 Å². The molecule has 0 aromatic heterocycles. The highest BCUT2D eigenvalue weighted by Crippen LogP contribution is 2.43. The van der Waals surface area contributed by atoms with Gasteiger partial charge in [0.2, 0.25) is 0 Å². The summed E-state index contributed by atoms with van der Waals surface area (Å²) in [4.78, 5) is 10.9. The molecule has 0 saturated heterocycles. The van der Waals surface area contributed by atoms with Gasteiger partial charge in [0, 0.05) is 12.7 Å². The second kappa shape index (κ2) is 4.96. The molecule has 1 N–H and O–H groups in total.